The predicted molar refractivity (Wildman–Crippen MR) is 174 cm³/mol. The minimum atomic E-state index is -3.62. The number of halogens is 3. The molecule has 5 aliphatic rings. The summed E-state index contributed by atoms with van der Waals surface area (Å²) in [6.45, 7) is 3.30. The first kappa shape index (κ1) is 32.6. The zero-order valence-corrected chi connectivity index (χ0v) is 27.7. The minimum Gasteiger partial charge on any atom is -0.508 e. The van der Waals surface area contributed by atoms with Crippen LogP contribution in [-0.2, 0) is 21.4 Å². The third-order valence-electron chi connectivity index (χ3n) is 10.4. The van der Waals surface area contributed by atoms with Gasteiger partial charge in [0, 0.05) is 35.7 Å². The topological polar surface area (TPSA) is 115 Å². The van der Waals surface area contributed by atoms with Gasteiger partial charge in [-0.2, -0.15) is 13.1 Å². The van der Waals surface area contributed by atoms with Gasteiger partial charge < -0.3 is 20.1 Å². The van der Waals surface area contributed by atoms with E-state index in [9.17, 15) is 13.5 Å². The largest absolute Gasteiger partial charge is 0.508 e. The Bertz CT molecular complexity index is 1820. The lowest BCUT2D eigenvalue weighted by Crippen LogP contribution is -2.57. The number of aromatic hydroxyl groups is 1. The molecule has 47 heavy (non-hydrogen) atoms. The highest BCUT2D eigenvalue weighted by Crippen LogP contribution is 2.48. The lowest BCUT2D eigenvalue weighted by molar-refractivity contribution is -0.0273. The second-order valence-electron chi connectivity index (χ2n) is 14.2. The first-order valence-corrected chi connectivity index (χ1v) is 17.8. The molecule has 3 fully saturated rings. The summed E-state index contributed by atoms with van der Waals surface area (Å²) < 4.78 is 84.8. The van der Waals surface area contributed by atoms with Crippen molar-refractivity contribution in [1.82, 2.24) is 25.0 Å². The van der Waals surface area contributed by atoms with Crippen molar-refractivity contribution < 1.29 is 31.4 Å². The summed E-state index contributed by atoms with van der Waals surface area (Å²) in [5.74, 6) is -2.54. The van der Waals surface area contributed by atoms with Crippen LogP contribution in [0.4, 0.5) is 13.2 Å². The number of hydrogen-bond acceptors (Lipinski definition) is 7. The summed E-state index contributed by atoms with van der Waals surface area (Å²) in [4.78, 5) is 2.12. The van der Waals surface area contributed by atoms with Crippen LogP contribution in [0.1, 0.15) is 56.6 Å². The number of nitrogens with one attached hydrogen (secondary N) is 4. The summed E-state index contributed by atoms with van der Waals surface area (Å²) in [6.07, 6.45) is 5.33. The lowest BCUT2D eigenvalue weighted by Gasteiger charge is -2.43. The standard InChI is InChI=1S/C34H42F3N5O4S/c1-4-22-25(35)8-7-19-12-21(43)13-23(27(19)22)28-26(36)14-24-30(20-6-5-9-34(15-20)16-38-47(44,45)41-34)39-32(40-31(24)29(28)37)46-18-33(10-11-33)17-42(2)3/h7-8,12-14,20,31-32,38-41,43H,4-6,9-11,15-18H2,1-3H3. The Balaban J connectivity index is 1.31. The van der Waals surface area contributed by atoms with Gasteiger partial charge in [-0.1, -0.05) is 19.4 Å². The monoisotopic (exact) mass is 673 g/mol. The van der Waals surface area contributed by atoms with Crippen LogP contribution in [0, 0.1) is 17.2 Å². The Hall–Kier alpha value is -2.94. The van der Waals surface area contributed by atoms with Gasteiger partial charge in [0.1, 0.15) is 23.2 Å². The Morgan fingerprint density at radius 1 is 1.13 bits per heavy atom. The molecule has 0 bridgehead atoms. The van der Waals surface area contributed by atoms with Crippen molar-refractivity contribution in [1.29, 1.82) is 0 Å². The van der Waals surface area contributed by atoms with Crippen molar-refractivity contribution in [3.63, 3.8) is 0 Å². The smallest absolute Gasteiger partial charge is 0.277 e. The molecule has 13 heteroatoms. The van der Waals surface area contributed by atoms with Gasteiger partial charge in [0.15, 0.2) is 6.35 Å². The highest BCUT2D eigenvalue weighted by Gasteiger charge is 2.48. The van der Waals surface area contributed by atoms with E-state index in [4.69, 9.17) is 4.74 Å². The van der Waals surface area contributed by atoms with Crippen molar-refractivity contribution in [2.24, 2.45) is 11.3 Å². The zero-order chi connectivity index (χ0) is 33.3. The molecule has 5 N–H and O–H groups in total. The van der Waals surface area contributed by atoms with E-state index in [-0.39, 0.29) is 41.2 Å². The van der Waals surface area contributed by atoms with Gasteiger partial charge in [0.2, 0.25) is 0 Å². The van der Waals surface area contributed by atoms with Gasteiger partial charge in [0.25, 0.3) is 10.2 Å². The fraction of sp³-hybridized carbons (Fsp3) is 0.529. The minimum absolute atomic E-state index is 0.00106. The summed E-state index contributed by atoms with van der Waals surface area (Å²) in [6, 6.07) is 4.45. The van der Waals surface area contributed by atoms with Crippen LogP contribution >= 0.6 is 0 Å². The number of ether oxygens (including phenoxy) is 1. The number of phenolic OH excluding ortho intramolecular Hbond substituents is 1. The van der Waals surface area contributed by atoms with Gasteiger partial charge in [-0.25, -0.2) is 17.9 Å². The van der Waals surface area contributed by atoms with Crippen LogP contribution in [0.25, 0.3) is 16.3 Å². The number of fused-ring (bicyclic) bond motifs is 2. The van der Waals surface area contributed by atoms with E-state index >= 15 is 13.2 Å². The van der Waals surface area contributed by atoms with Gasteiger partial charge in [-0.05, 0) is 104 Å². The number of aryl methyl sites for hydroxylation is 1. The van der Waals surface area contributed by atoms with E-state index in [1.807, 2.05) is 14.1 Å². The van der Waals surface area contributed by atoms with Crippen LogP contribution in [0.3, 0.4) is 0 Å². The fourth-order valence-corrected chi connectivity index (χ4v) is 9.52. The van der Waals surface area contributed by atoms with Crippen molar-refractivity contribution in [2.45, 2.75) is 69.8 Å². The molecule has 4 atom stereocenters. The molecular weight excluding hydrogens is 631 g/mol. The number of benzene rings is 2. The molecule has 3 aliphatic carbocycles. The van der Waals surface area contributed by atoms with E-state index in [2.05, 4.69) is 25.0 Å². The number of phenols is 1. The van der Waals surface area contributed by atoms with Gasteiger partial charge >= 0.3 is 0 Å². The van der Waals surface area contributed by atoms with Crippen LogP contribution in [-0.4, -0.2) is 70.1 Å². The molecule has 9 nitrogen and oxygen atoms in total. The summed E-state index contributed by atoms with van der Waals surface area (Å²) in [5.41, 5.74) is 0.335. The quantitative estimate of drug-likeness (QED) is 0.278. The maximum absolute atomic E-state index is 17.0. The van der Waals surface area contributed by atoms with Crippen molar-refractivity contribution >= 4 is 26.6 Å². The molecule has 0 radical (unpaired) electrons. The third kappa shape index (κ3) is 6.10. The molecule has 1 saturated heterocycles. The van der Waals surface area contributed by atoms with Gasteiger partial charge in [-0.15, -0.1) is 0 Å². The Morgan fingerprint density at radius 2 is 1.91 bits per heavy atom. The van der Waals surface area contributed by atoms with Crippen molar-refractivity contribution in [3.05, 3.63) is 70.2 Å². The molecular formula is C34H42F3N5O4S. The Morgan fingerprint density at radius 3 is 2.60 bits per heavy atom. The SMILES string of the molecule is CCc1c(F)ccc2cc(O)cc(C3=C(F)C4NC(OCC5(CN(C)C)CC5)NC(C5CCCC6(CNS(=O)(=O)N6)C5)=C4C=C3F)c12. The number of allylic oxidation sites excluding steroid dienone is 3. The Kier molecular flexibility index (Phi) is 8.24. The zero-order valence-electron chi connectivity index (χ0n) is 26.9. The van der Waals surface area contributed by atoms with Crippen LogP contribution in [0.2, 0.25) is 0 Å². The number of hydrogen-bond donors (Lipinski definition) is 5. The highest BCUT2D eigenvalue weighted by molar-refractivity contribution is 7.87. The Labute approximate surface area is 273 Å². The second-order valence-corrected chi connectivity index (χ2v) is 15.7. The summed E-state index contributed by atoms with van der Waals surface area (Å²) in [5, 5.41) is 18.0. The van der Waals surface area contributed by atoms with Gasteiger partial charge in [0.05, 0.1) is 18.2 Å². The van der Waals surface area contributed by atoms with E-state index in [1.54, 1.807) is 6.92 Å². The van der Waals surface area contributed by atoms with E-state index in [0.29, 0.717) is 53.5 Å². The normalized spacial score (nSPS) is 29.8. The molecule has 2 aliphatic heterocycles. The van der Waals surface area contributed by atoms with Crippen molar-refractivity contribution in [2.75, 3.05) is 33.8 Å². The maximum Gasteiger partial charge on any atom is 0.277 e. The second kappa shape index (κ2) is 11.9. The molecule has 7 rings (SSSR count). The lowest BCUT2D eigenvalue weighted by atomic mass is 9.73. The number of rotatable bonds is 8. The van der Waals surface area contributed by atoms with Crippen molar-refractivity contribution in [3.8, 4) is 5.75 Å². The molecule has 4 unspecified atom stereocenters. The maximum atomic E-state index is 17.0. The van der Waals surface area contributed by atoms with E-state index in [1.165, 1.54) is 30.3 Å². The molecule has 2 heterocycles. The van der Waals surface area contributed by atoms with E-state index < -0.39 is 45.6 Å². The van der Waals surface area contributed by atoms with Crippen LogP contribution in [0.15, 0.2) is 53.3 Å². The molecule has 2 saturated carbocycles. The average molecular weight is 674 g/mol. The average Bonchev–Trinajstić information content (AvgIpc) is 3.70. The van der Waals surface area contributed by atoms with E-state index in [0.717, 1.165) is 25.8 Å². The predicted octanol–water partition coefficient (Wildman–Crippen LogP) is 4.62. The summed E-state index contributed by atoms with van der Waals surface area (Å²) in [7, 11) is 0.409. The molecule has 1 spiro atoms. The third-order valence-corrected chi connectivity index (χ3v) is 11.6. The molecule has 254 valence electrons. The highest BCUT2D eigenvalue weighted by atomic mass is 32.2. The first-order valence-electron chi connectivity index (χ1n) is 16.3. The fourth-order valence-electron chi connectivity index (χ4n) is 8.15. The first-order chi connectivity index (χ1) is 22.3. The van der Waals surface area contributed by atoms with Crippen LogP contribution in [0.5, 0.6) is 5.75 Å². The summed E-state index contributed by atoms with van der Waals surface area (Å²) >= 11 is 0. The number of nitrogens with zero attached hydrogens (tertiary/aromatic N) is 1. The molecule has 0 amide bonds. The van der Waals surface area contributed by atoms with Crippen LogP contribution < -0.4 is 20.1 Å². The molecule has 0 aromatic heterocycles. The molecule has 2 aromatic carbocycles. The van der Waals surface area contributed by atoms with Gasteiger partial charge in [-0.3, -0.25) is 5.32 Å². The molecule has 2 aromatic rings.